The highest BCUT2D eigenvalue weighted by Crippen LogP contribution is 1.71. The summed E-state index contributed by atoms with van der Waals surface area (Å²) in [7, 11) is 0. The molecule has 2 N–H and O–H groups in total. The second-order valence-corrected chi connectivity index (χ2v) is 2.96. The molecule has 4 heteroatoms. The van der Waals surface area contributed by atoms with Gasteiger partial charge in [0, 0.05) is 0 Å². The van der Waals surface area contributed by atoms with Gasteiger partial charge >= 0.3 is 0 Å². The molecule has 0 radical (unpaired) electrons. The molecule has 0 aliphatic heterocycles. The summed E-state index contributed by atoms with van der Waals surface area (Å²) in [5, 5.41) is 0.677. The Balaban J connectivity index is 3.56. The van der Waals surface area contributed by atoms with Crippen molar-refractivity contribution >= 4 is 12.2 Å². The van der Waals surface area contributed by atoms with Crippen molar-refractivity contribution in [2.24, 2.45) is 0 Å². The Kier molecular flexibility index (Phi) is 3.45. The van der Waals surface area contributed by atoms with Crippen LogP contribution in [0.5, 0.6) is 0 Å². The van der Waals surface area contributed by atoms with E-state index in [2.05, 4.69) is 9.97 Å². The Labute approximate surface area is 81.0 Å². The SMILES string of the molecule is CC/C=c1/[nH]c(=O)/c(=C\CC)[nH]c1=O. The van der Waals surface area contributed by atoms with Crippen molar-refractivity contribution in [3.05, 3.63) is 31.4 Å². The lowest BCUT2D eigenvalue weighted by Gasteiger charge is -1.88. The molecule has 0 aliphatic rings. The maximum absolute atomic E-state index is 11.4. The summed E-state index contributed by atoms with van der Waals surface area (Å²) < 4.78 is 0. The Morgan fingerprint density at radius 3 is 1.57 bits per heavy atom. The zero-order chi connectivity index (χ0) is 10.6. The maximum atomic E-state index is 11.4. The van der Waals surface area contributed by atoms with Crippen LogP contribution in [-0.4, -0.2) is 9.97 Å². The van der Waals surface area contributed by atoms with Crippen LogP contribution >= 0.6 is 0 Å². The number of nitrogens with one attached hydrogen (secondary N) is 2. The second-order valence-electron chi connectivity index (χ2n) is 2.96. The number of rotatable bonds is 2. The third-order valence-electron chi connectivity index (χ3n) is 1.80. The molecule has 0 spiro atoms. The van der Waals surface area contributed by atoms with E-state index < -0.39 is 0 Å². The second kappa shape index (κ2) is 4.60. The van der Waals surface area contributed by atoms with Gasteiger partial charge in [0.2, 0.25) is 0 Å². The Hall–Kier alpha value is -1.58. The Bertz CT molecular complexity index is 473. The minimum Gasteiger partial charge on any atom is -0.316 e. The summed E-state index contributed by atoms with van der Waals surface area (Å²) >= 11 is 0. The van der Waals surface area contributed by atoms with Crippen LogP contribution in [0, 0.1) is 0 Å². The lowest BCUT2D eigenvalue weighted by Crippen LogP contribution is -2.46. The highest BCUT2D eigenvalue weighted by molar-refractivity contribution is 5.19. The molecule has 14 heavy (non-hydrogen) atoms. The van der Waals surface area contributed by atoms with Gasteiger partial charge in [0.15, 0.2) is 0 Å². The standard InChI is InChI=1S/C10H14N2O2/c1-3-5-7-9(13)12-8(6-4-2)10(14)11-7/h5-6H,3-4H2,1-2H3,(H,11,14)(H,12,13)/b7-5+,8-6+. The summed E-state index contributed by atoms with van der Waals surface area (Å²) in [4.78, 5) is 27.8. The first kappa shape index (κ1) is 10.5. The highest BCUT2D eigenvalue weighted by atomic mass is 16.1. The van der Waals surface area contributed by atoms with Gasteiger partial charge in [0.25, 0.3) is 11.1 Å². The molecule has 1 rings (SSSR count). The van der Waals surface area contributed by atoms with Crippen molar-refractivity contribution in [1.29, 1.82) is 0 Å². The van der Waals surface area contributed by atoms with Gasteiger partial charge in [-0.3, -0.25) is 9.59 Å². The smallest absolute Gasteiger partial charge is 0.271 e. The van der Waals surface area contributed by atoms with Gasteiger partial charge in [-0.1, -0.05) is 26.0 Å². The van der Waals surface area contributed by atoms with E-state index in [0.717, 1.165) is 12.8 Å². The third-order valence-corrected chi connectivity index (χ3v) is 1.80. The normalized spacial score (nSPS) is 13.6. The van der Waals surface area contributed by atoms with Gasteiger partial charge in [-0.15, -0.1) is 0 Å². The van der Waals surface area contributed by atoms with Gasteiger partial charge in [-0.2, -0.15) is 0 Å². The van der Waals surface area contributed by atoms with Crippen LogP contribution in [0.25, 0.3) is 12.2 Å². The monoisotopic (exact) mass is 194 g/mol. The molecular weight excluding hydrogens is 180 g/mol. The molecule has 76 valence electrons. The molecule has 0 aromatic carbocycles. The minimum atomic E-state index is -0.244. The van der Waals surface area contributed by atoms with Gasteiger partial charge in [-0.05, 0) is 12.8 Å². The quantitative estimate of drug-likeness (QED) is 0.663. The molecule has 0 atom stereocenters. The van der Waals surface area contributed by atoms with Crippen LogP contribution in [0.2, 0.25) is 0 Å². The Morgan fingerprint density at radius 1 is 0.929 bits per heavy atom. The van der Waals surface area contributed by atoms with Crippen molar-refractivity contribution in [3.63, 3.8) is 0 Å². The molecule has 0 fully saturated rings. The van der Waals surface area contributed by atoms with Gasteiger partial charge in [0.1, 0.15) is 10.7 Å². The number of hydrogen-bond donors (Lipinski definition) is 2. The first-order chi connectivity index (χ1) is 6.69. The first-order valence-corrected chi connectivity index (χ1v) is 4.72. The van der Waals surface area contributed by atoms with E-state index >= 15 is 0 Å². The average molecular weight is 194 g/mol. The molecule has 0 bridgehead atoms. The lowest BCUT2D eigenvalue weighted by atomic mass is 10.4. The highest BCUT2D eigenvalue weighted by Gasteiger charge is 1.92. The summed E-state index contributed by atoms with van der Waals surface area (Å²) in [6, 6.07) is 0. The number of H-pyrrole nitrogens is 2. The van der Waals surface area contributed by atoms with Crippen LogP contribution in [0.1, 0.15) is 26.7 Å². The van der Waals surface area contributed by atoms with Crippen LogP contribution in [0.4, 0.5) is 0 Å². The number of aromatic amines is 2. The molecule has 0 saturated heterocycles. The average Bonchev–Trinajstić information content (AvgIpc) is 2.14. The molecule has 0 amide bonds. The van der Waals surface area contributed by atoms with E-state index in [4.69, 9.17) is 0 Å². The van der Waals surface area contributed by atoms with Crippen molar-refractivity contribution in [2.75, 3.05) is 0 Å². The molecule has 4 nitrogen and oxygen atoms in total. The van der Waals surface area contributed by atoms with E-state index in [1.807, 2.05) is 13.8 Å². The van der Waals surface area contributed by atoms with E-state index in [1.54, 1.807) is 12.2 Å². The topological polar surface area (TPSA) is 65.7 Å². The molecule has 1 aromatic heterocycles. The molecule has 0 saturated carbocycles. The fourth-order valence-electron chi connectivity index (χ4n) is 1.19. The molecule has 0 unspecified atom stereocenters. The summed E-state index contributed by atoms with van der Waals surface area (Å²) in [5.74, 6) is 0. The van der Waals surface area contributed by atoms with E-state index in [9.17, 15) is 9.59 Å². The van der Waals surface area contributed by atoms with Gasteiger partial charge in [-0.25, -0.2) is 0 Å². The summed E-state index contributed by atoms with van der Waals surface area (Å²) in [5.41, 5.74) is -0.489. The summed E-state index contributed by atoms with van der Waals surface area (Å²) in [6.07, 6.45) is 4.82. The van der Waals surface area contributed by atoms with Gasteiger partial charge < -0.3 is 9.97 Å². The lowest BCUT2D eigenvalue weighted by molar-refractivity contribution is 0.989. The number of hydrogen-bond acceptors (Lipinski definition) is 2. The third kappa shape index (κ3) is 2.22. The number of aromatic nitrogens is 2. The van der Waals surface area contributed by atoms with Crippen LogP contribution in [0.3, 0.4) is 0 Å². The van der Waals surface area contributed by atoms with Crippen LogP contribution in [-0.2, 0) is 0 Å². The zero-order valence-corrected chi connectivity index (χ0v) is 8.39. The molecule has 1 heterocycles. The molecular formula is C10H14N2O2. The van der Waals surface area contributed by atoms with Crippen molar-refractivity contribution in [1.82, 2.24) is 9.97 Å². The predicted molar refractivity (Wildman–Crippen MR) is 56.4 cm³/mol. The van der Waals surface area contributed by atoms with Gasteiger partial charge in [0.05, 0.1) is 0 Å². The molecule has 0 aliphatic carbocycles. The van der Waals surface area contributed by atoms with E-state index in [1.165, 1.54) is 0 Å². The van der Waals surface area contributed by atoms with E-state index in [-0.39, 0.29) is 11.1 Å². The fraction of sp³-hybridized carbons (Fsp3) is 0.400. The Morgan fingerprint density at radius 2 is 1.29 bits per heavy atom. The van der Waals surface area contributed by atoms with Crippen molar-refractivity contribution in [2.45, 2.75) is 26.7 Å². The first-order valence-electron chi connectivity index (χ1n) is 4.72. The predicted octanol–water partition coefficient (Wildman–Crippen LogP) is -0.556. The molecule has 1 aromatic rings. The fourth-order valence-corrected chi connectivity index (χ4v) is 1.19. The van der Waals surface area contributed by atoms with Crippen LogP contribution < -0.4 is 21.8 Å². The van der Waals surface area contributed by atoms with E-state index in [0.29, 0.717) is 10.7 Å². The minimum absolute atomic E-state index is 0.244. The van der Waals surface area contributed by atoms with Crippen molar-refractivity contribution < 1.29 is 0 Å². The largest absolute Gasteiger partial charge is 0.316 e. The summed E-state index contributed by atoms with van der Waals surface area (Å²) in [6.45, 7) is 3.81. The maximum Gasteiger partial charge on any atom is 0.271 e. The zero-order valence-electron chi connectivity index (χ0n) is 8.39. The van der Waals surface area contributed by atoms with Crippen molar-refractivity contribution in [3.8, 4) is 0 Å². The van der Waals surface area contributed by atoms with Crippen LogP contribution in [0.15, 0.2) is 9.59 Å².